The highest BCUT2D eigenvalue weighted by Gasteiger charge is 2.24. The second-order valence-corrected chi connectivity index (χ2v) is 7.13. The van der Waals surface area contributed by atoms with E-state index in [1.165, 1.54) is 24.2 Å². The monoisotopic (exact) mass is 358 g/mol. The number of quaternary nitrogens is 2. The van der Waals surface area contributed by atoms with Crippen molar-refractivity contribution in [3.8, 4) is 17.2 Å². The average molecular weight is 358 g/mol. The van der Waals surface area contributed by atoms with Crippen molar-refractivity contribution in [3.05, 3.63) is 53.1 Å². The largest absolute Gasteiger partial charge is 0.502 e. The summed E-state index contributed by atoms with van der Waals surface area (Å²) in [6.45, 7) is 8.87. The summed E-state index contributed by atoms with van der Waals surface area (Å²) in [5, 5.41) is 10.1. The molecule has 1 aliphatic heterocycles. The summed E-state index contributed by atoms with van der Waals surface area (Å²) in [6.07, 6.45) is 0. The lowest BCUT2D eigenvalue weighted by Crippen LogP contribution is -3.27. The van der Waals surface area contributed by atoms with Crippen molar-refractivity contribution in [2.24, 2.45) is 0 Å². The third-order valence-corrected chi connectivity index (χ3v) is 5.36. The van der Waals surface area contributed by atoms with Gasteiger partial charge in [-0.3, -0.25) is 0 Å². The summed E-state index contributed by atoms with van der Waals surface area (Å²) in [4.78, 5) is 3.22. The third-order valence-electron chi connectivity index (χ3n) is 5.36. The number of hydrogen-bond acceptors (Lipinski definition) is 3. The normalized spacial score (nSPS) is 20.0. The van der Waals surface area contributed by atoms with E-state index in [0.717, 1.165) is 31.7 Å². The zero-order chi connectivity index (χ0) is 18.5. The predicted octanol–water partition coefficient (Wildman–Crippen LogP) is 0.201. The molecule has 2 aromatic rings. The molecule has 1 heterocycles. The van der Waals surface area contributed by atoms with E-state index in [2.05, 4.69) is 31.2 Å². The molecule has 0 atom stereocenters. The Morgan fingerprint density at radius 3 is 1.96 bits per heavy atom. The number of aryl methyl sites for hydroxylation is 1. The molecule has 0 unspecified atom stereocenters. The summed E-state index contributed by atoms with van der Waals surface area (Å²) in [7, 11) is 3.14. The maximum absolute atomic E-state index is 10.1. The summed E-state index contributed by atoms with van der Waals surface area (Å²) in [6, 6.07) is 12.5. The Bertz CT molecular complexity index is 715. The van der Waals surface area contributed by atoms with Gasteiger partial charge in [-0.05, 0) is 24.6 Å². The molecule has 3 N–H and O–H groups in total. The van der Waals surface area contributed by atoms with Crippen molar-refractivity contribution in [2.75, 3.05) is 40.4 Å². The lowest BCUT2D eigenvalue weighted by molar-refractivity contribution is -1.02. The van der Waals surface area contributed by atoms with Gasteiger partial charge in [-0.2, -0.15) is 0 Å². The Morgan fingerprint density at radius 1 is 0.885 bits per heavy atom. The van der Waals surface area contributed by atoms with E-state index in [1.54, 1.807) is 24.0 Å². The van der Waals surface area contributed by atoms with E-state index < -0.39 is 0 Å². The number of phenols is 1. The lowest BCUT2D eigenvalue weighted by atomic mass is 10.1. The van der Waals surface area contributed by atoms with E-state index in [9.17, 15) is 5.11 Å². The number of phenolic OH excluding ortho intramolecular Hbond substituents is 1. The molecule has 1 fully saturated rings. The van der Waals surface area contributed by atoms with Gasteiger partial charge in [-0.15, -0.1) is 0 Å². The minimum atomic E-state index is 0.0706. The average Bonchev–Trinajstić information content (AvgIpc) is 2.66. The van der Waals surface area contributed by atoms with Crippen molar-refractivity contribution < 1.29 is 24.4 Å². The zero-order valence-corrected chi connectivity index (χ0v) is 16.0. The molecule has 5 heteroatoms. The van der Waals surface area contributed by atoms with E-state index in [1.807, 2.05) is 12.1 Å². The Morgan fingerprint density at radius 2 is 1.42 bits per heavy atom. The molecule has 0 radical (unpaired) electrons. The quantitative estimate of drug-likeness (QED) is 0.692. The number of rotatable bonds is 6. The lowest BCUT2D eigenvalue weighted by Gasteiger charge is -2.30. The predicted molar refractivity (Wildman–Crippen MR) is 101 cm³/mol. The molecule has 3 rings (SSSR count). The molecule has 2 aromatic carbocycles. The second kappa shape index (κ2) is 8.43. The highest BCUT2D eigenvalue weighted by atomic mass is 16.5. The SMILES string of the molecule is COc1cc(C[NH+]2CC[NH+](Cc3ccccc3C)CC2)cc(OC)c1O. The van der Waals surface area contributed by atoms with Gasteiger partial charge < -0.3 is 24.4 Å². The topological polar surface area (TPSA) is 47.6 Å². The van der Waals surface area contributed by atoms with Crippen molar-refractivity contribution in [2.45, 2.75) is 20.0 Å². The molecule has 0 bridgehead atoms. The summed E-state index contributed by atoms with van der Waals surface area (Å²) in [5.41, 5.74) is 3.98. The van der Waals surface area contributed by atoms with Crippen LogP contribution in [-0.4, -0.2) is 45.5 Å². The van der Waals surface area contributed by atoms with Gasteiger partial charge in [0.2, 0.25) is 5.75 Å². The highest BCUT2D eigenvalue weighted by molar-refractivity contribution is 5.52. The van der Waals surface area contributed by atoms with Gasteiger partial charge in [-0.25, -0.2) is 0 Å². The number of aromatic hydroxyl groups is 1. The van der Waals surface area contributed by atoms with Gasteiger partial charge in [0, 0.05) is 11.1 Å². The highest BCUT2D eigenvalue weighted by Crippen LogP contribution is 2.36. The van der Waals surface area contributed by atoms with Crippen LogP contribution in [0.1, 0.15) is 16.7 Å². The molecule has 140 valence electrons. The number of benzene rings is 2. The van der Waals surface area contributed by atoms with Crippen LogP contribution in [0.2, 0.25) is 0 Å². The summed E-state index contributed by atoms with van der Waals surface area (Å²) >= 11 is 0. The second-order valence-electron chi connectivity index (χ2n) is 7.13. The van der Waals surface area contributed by atoms with Crippen LogP contribution in [0.15, 0.2) is 36.4 Å². The van der Waals surface area contributed by atoms with E-state index in [-0.39, 0.29) is 5.75 Å². The van der Waals surface area contributed by atoms with E-state index >= 15 is 0 Å². The standard InChI is InChI=1S/C21H28N2O3/c1-16-6-4-5-7-18(16)15-23-10-8-22(9-11-23)14-17-12-19(25-2)21(24)20(13-17)26-3/h4-7,12-13,24H,8-11,14-15H2,1-3H3/p+2. The number of hydrogen-bond donors (Lipinski definition) is 3. The molecular weight excluding hydrogens is 328 g/mol. The fraction of sp³-hybridized carbons (Fsp3) is 0.429. The van der Waals surface area contributed by atoms with Crippen LogP contribution in [0, 0.1) is 6.92 Å². The van der Waals surface area contributed by atoms with Crippen LogP contribution in [-0.2, 0) is 13.1 Å². The van der Waals surface area contributed by atoms with Crippen molar-refractivity contribution in [1.29, 1.82) is 0 Å². The fourth-order valence-corrected chi connectivity index (χ4v) is 3.73. The first-order valence-corrected chi connectivity index (χ1v) is 9.26. The van der Waals surface area contributed by atoms with Crippen molar-refractivity contribution in [3.63, 3.8) is 0 Å². The van der Waals surface area contributed by atoms with Gasteiger partial charge in [0.05, 0.1) is 14.2 Å². The van der Waals surface area contributed by atoms with Crippen molar-refractivity contribution >= 4 is 0 Å². The van der Waals surface area contributed by atoms with Gasteiger partial charge >= 0.3 is 0 Å². The summed E-state index contributed by atoms with van der Waals surface area (Å²) < 4.78 is 10.5. The molecule has 1 aliphatic rings. The van der Waals surface area contributed by atoms with E-state index in [0.29, 0.717) is 11.5 Å². The molecule has 0 saturated carbocycles. The smallest absolute Gasteiger partial charge is 0.200 e. The Hall–Kier alpha value is -2.24. The molecule has 1 saturated heterocycles. The van der Waals surface area contributed by atoms with Crippen LogP contribution < -0.4 is 19.3 Å². The van der Waals surface area contributed by atoms with Crippen molar-refractivity contribution in [1.82, 2.24) is 0 Å². The maximum atomic E-state index is 10.1. The first-order valence-electron chi connectivity index (χ1n) is 9.26. The van der Waals surface area contributed by atoms with Crippen LogP contribution in [0.3, 0.4) is 0 Å². The minimum absolute atomic E-state index is 0.0706. The molecule has 26 heavy (non-hydrogen) atoms. The Balaban J connectivity index is 1.58. The third kappa shape index (κ3) is 4.29. The number of methoxy groups -OCH3 is 2. The Kier molecular flexibility index (Phi) is 6.01. The molecule has 0 aliphatic carbocycles. The first kappa shape index (κ1) is 18.5. The van der Waals surface area contributed by atoms with Crippen LogP contribution in [0.25, 0.3) is 0 Å². The minimum Gasteiger partial charge on any atom is -0.502 e. The summed E-state index contributed by atoms with van der Waals surface area (Å²) in [5.74, 6) is 1.02. The Labute approximate surface area is 155 Å². The molecule has 5 nitrogen and oxygen atoms in total. The van der Waals surface area contributed by atoms with Crippen LogP contribution in [0.5, 0.6) is 17.2 Å². The molecule has 0 aromatic heterocycles. The maximum Gasteiger partial charge on any atom is 0.200 e. The number of piperazine rings is 1. The fourth-order valence-electron chi connectivity index (χ4n) is 3.73. The molecule has 0 amide bonds. The van der Waals surface area contributed by atoms with E-state index in [4.69, 9.17) is 9.47 Å². The van der Waals surface area contributed by atoms with Gasteiger partial charge in [0.1, 0.15) is 39.3 Å². The molecular formula is C21H30N2O3+2. The number of nitrogens with one attached hydrogen (secondary N) is 2. The van der Waals surface area contributed by atoms with Gasteiger partial charge in [-0.1, -0.05) is 24.3 Å². The molecule has 0 spiro atoms. The first-order chi connectivity index (χ1) is 12.6. The number of ether oxygens (including phenoxy) is 2. The van der Waals surface area contributed by atoms with Gasteiger partial charge in [0.25, 0.3) is 0 Å². The van der Waals surface area contributed by atoms with Crippen LogP contribution in [0.4, 0.5) is 0 Å². The van der Waals surface area contributed by atoms with Crippen LogP contribution >= 0.6 is 0 Å². The van der Waals surface area contributed by atoms with Gasteiger partial charge in [0.15, 0.2) is 11.5 Å². The zero-order valence-electron chi connectivity index (χ0n) is 16.0.